The van der Waals surface area contributed by atoms with Crippen molar-refractivity contribution >= 4 is 11.9 Å². The number of allylic oxidation sites excluding steroid dienone is 1. The second-order valence-electron chi connectivity index (χ2n) is 3.37. The molecule has 0 fully saturated rings. The molecule has 92 valence electrons. The van der Waals surface area contributed by atoms with Gasteiger partial charge in [-0.15, -0.1) is 0 Å². The Balaban J connectivity index is 3.29. The van der Waals surface area contributed by atoms with Crippen LogP contribution in [0.5, 0.6) is 5.75 Å². The van der Waals surface area contributed by atoms with Crippen LogP contribution in [-0.2, 0) is 11.0 Å². The molecule has 0 N–H and O–H groups in total. The lowest BCUT2D eigenvalue weighted by Gasteiger charge is -2.13. The number of hydrogen-bond acceptors (Lipinski definition) is 2. The van der Waals surface area contributed by atoms with Crippen molar-refractivity contribution < 1.29 is 22.7 Å². The molecule has 1 aromatic rings. The minimum atomic E-state index is -4.48. The summed E-state index contributed by atoms with van der Waals surface area (Å²) in [6.07, 6.45) is -1.99. The van der Waals surface area contributed by atoms with Crippen LogP contribution in [0.4, 0.5) is 13.2 Å². The topological polar surface area (TPSA) is 26.3 Å². The summed E-state index contributed by atoms with van der Waals surface area (Å²) in [6, 6.07) is 3.66. The number of hydrogen-bond donors (Lipinski definition) is 0. The maximum Gasteiger partial charge on any atom is 0.419 e. The molecule has 0 amide bonds. The molecular formula is C12H11F3O2. The number of carbonyl (C=O) groups is 1. The molecule has 0 aliphatic carbocycles. The second-order valence-corrected chi connectivity index (χ2v) is 3.37. The van der Waals surface area contributed by atoms with Crippen LogP contribution in [0.2, 0.25) is 0 Å². The number of ether oxygens (including phenoxy) is 1. The predicted octanol–water partition coefficient (Wildman–Crippen LogP) is 3.32. The molecule has 0 spiro atoms. The van der Waals surface area contributed by atoms with E-state index in [9.17, 15) is 18.0 Å². The van der Waals surface area contributed by atoms with Gasteiger partial charge in [0.2, 0.25) is 0 Å². The van der Waals surface area contributed by atoms with Crippen LogP contribution in [0.3, 0.4) is 0 Å². The van der Waals surface area contributed by atoms with E-state index >= 15 is 0 Å². The summed E-state index contributed by atoms with van der Waals surface area (Å²) in [7, 11) is 1.16. The fourth-order valence-corrected chi connectivity index (χ4v) is 1.34. The van der Waals surface area contributed by atoms with Crippen LogP contribution in [0.1, 0.15) is 18.1 Å². The van der Waals surface area contributed by atoms with E-state index in [2.05, 4.69) is 0 Å². The molecule has 0 heterocycles. The maximum atomic E-state index is 12.6. The quantitative estimate of drug-likeness (QED) is 0.762. The molecule has 2 nitrogen and oxygen atoms in total. The molecule has 0 atom stereocenters. The van der Waals surface area contributed by atoms with Gasteiger partial charge in [0.1, 0.15) is 5.75 Å². The van der Waals surface area contributed by atoms with E-state index in [0.29, 0.717) is 0 Å². The molecule has 0 aliphatic heterocycles. The summed E-state index contributed by atoms with van der Waals surface area (Å²) in [5.41, 5.74) is -0.636. The zero-order valence-corrected chi connectivity index (χ0v) is 9.34. The van der Waals surface area contributed by atoms with Gasteiger partial charge in [0.15, 0.2) is 5.78 Å². The Bertz CT molecular complexity index is 448. The normalized spacial score (nSPS) is 11.8. The van der Waals surface area contributed by atoms with Crippen LogP contribution < -0.4 is 4.74 Å². The van der Waals surface area contributed by atoms with Crippen LogP contribution in [0.15, 0.2) is 24.3 Å². The van der Waals surface area contributed by atoms with E-state index in [1.165, 1.54) is 31.2 Å². The lowest BCUT2D eigenvalue weighted by Crippen LogP contribution is -2.08. The summed E-state index contributed by atoms with van der Waals surface area (Å²) >= 11 is 0. The number of para-hydroxylation sites is 1. The largest absolute Gasteiger partial charge is 0.495 e. The lowest BCUT2D eigenvalue weighted by molar-refractivity contribution is -0.138. The third-order valence-electron chi connectivity index (χ3n) is 2.05. The Morgan fingerprint density at radius 2 is 2.00 bits per heavy atom. The van der Waals surface area contributed by atoms with Crippen molar-refractivity contribution in [2.45, 2.75) is 13.1 Å². The summed E-state index contributed by atoms with van der Waals surface area (Å²) in [5, 5.41) is 0. The van der Waals surface area contributed by atoms with Crippen molar-refractivity contribution in [3.63, 3.8) is 0 Å². The van der Waals surface area contributed by atoms with Crippen molar-refractivity contribution in [1.29, 1.82) is 0 Å². The van der Waals surface area contributed by atoms with E-state index in [1.54, 1.807) is 0 Å². The van der Waals surface area contributed by atoms with E-state index in [0.717, 1.165) is 13.2 Å². The van der Waals surface area contributed by atoms with Gasteiger partial charge in [0, 0.05) is 5.56 Å². The molecule has 0 aromatic heterocycles. The van der Waals surface area contributed by atoms with Crippen molar-refractivity contribution in [2.75, 3.05) is 7.11 Å². The van der Waals surface area contributed by atoms with E-state index in [-0.39, 0.29) is 17.1 Å². The first kappa shape index (κ1) is 13.3. The van der Waals surface area contributed by atoms with Gasteiger partial charge in [-0.2, -0.15) is 13.2 Å². The standard InChI is InChI=1S/C12H11F3O2/c1-8(16)6-7-9-4-3-5-10(11(9)17-2)12(13,14)15/h3-7H,1-2H3/b7-6+. The highest BCUT2D eigenvalue weighted by molar-refractivity contribution is 5.92. The Morgan fingerprint density at radius 1 is 1.35 bits per heavy atom. The van der Waals surface area contributed by atoms with Gasteiger partial charge in [-0.25, -0.2) is 0 Å². The fourth-order valence-electron chi connectivity index (χ4n) is 1.34. The van der Waals surface area contributed by atoms with Crippen LogP contribution in [0.25, 0.3) is 6.08 Å². The molecule has 0 bridgehead atoms. The first-order chi connectivity index (χ1) is 7.86. The summed E-state index contributed by atoms with van der Waals surface area (Å²) in [6.45, 7) is 1.32. The third-order valence-corrected chi connectivity index (χ3v) is 2.05. The highest BCUT2D eigenvalue weighted by Crippen LogP contribution is 2.38. The maximum absolute atomic E-state index is 12.6. The number of benzene rings is 1. The van der Waals surface area contributed by atoms with Crippen molar-refractivity contribution in [2.24, 2.45) is 0 Å². The molecule has 0 unspecified atom stereocenters. The van der Waals surface area contributed by atoms with Gasteiger partial charge in [-0.1, -0.05) is 12.1 Å². The first-order valence-corrected chi connectivity index (χ1v) is 4.79. The number of alkyl halides is 3. The van der Waals surface area contributed by atoms with E-state index in [1.807, 2.05) is 0 Å². The molecule has 0 saturated heterocycles. The van der Waals surface area contributed by atoms with E-state index < -0.39 is 11.7 Å². The van der Waals surface area contributed by atoms with Crippen molar-refractivity contribution in [1.82, 2.24) is 0 Å². The van der Waals surface area contributed by atoms with Gasteiger partial charge in [0.25, 0.3) is 0 Å². The minimum Gasteiger partial charge on any atom is -0.495 e. The molecular weight excluding hydrogens is 233 g/mol. The summed E-state index contributed by atoms with van der Waals surface area (Å²) < 4.78 is 42.7. The number of methoxy groups -OCH3 is 1. The monoisotopic (exact) mass is 244 g/mol. The summed E-state index contributed by atoms with van der Waals surface area (Å²) in [4.78, 5) is 10.7. The smallest absolute Gasteiger partial charge is 0.419 e. The zero-order chi connectivity index (χ0) is 13.1. The molecule has 17 heavy (non-hydrogen) atoms. The molecule has 5 heteroatoms. The van der Waals surface area contributed by atoms with Crippen LogP contribution in [0, 0.1) is 0 Å². The SMILES string of the molecule is COc1c(/C=C/C(C)=O)cccc1C(F)(F)F. The third kappa shape index (κ3) is 3.34. The van der Waals surface area contributed by atoms with Gasteiger partial charge in [-0.05, 0) is 25.1 Å². The number of rotatable bonds is 3. The van der Waals surface area contributed by atoms with Crippen LogP contribution >= 0.6 is 0 Å². The van der Waals surface area contributed by atoms with Crippen LogP contribution in [-0.4, -0.2) is 12.9 Å². The average Bonchev–Trinajstić information content (AvgIpc) is 2.24. The lowest BCUT2D eigenvalue weighted by atomic mass is 10.1. The zero-order valence-electron chi connectivity index (χ0n) is 9.34. The number of ketones is 1. The van der Waals surface area contributed by atoms with Gasteiger partial charge in [0.05, 0.1) is 12.7 Å². The molecule has 1 rings (SSSR count). The Hall–Kier alpha value is -1.78. The van der Waals surface area contributed by atoms with Gasteiger partial charge in [-0.3, -0.25) is 4.79 Å². The summed E-state index contributed by atoms with van der Waals surface area (Å²) in [5.74, 6) is -0.526. The highest BCUT2D eigenvalue weighted by Gasteiger charge is 2.34. The Labute approximate surface area is 96.7 Å². The number of halogens is 3. The van der Waals surface area contributed by atoms with E-state index in [4.69, 9.17) is 4.74 Å². The first-order valence-electron chi connectivity index (χ1n) is 4.79. The van der Waals surface area contributed by atoms with Gasteiger partial charge >= 0.3 is 6.18 Å². The highest BCUT2D eigenvalue weighted by atomic mass is 19.4. The molecule has 1 aromatic carbocycles. The Morgan fingerprint density at radius 3 is 2.47 bits per heavy atom. The van der Waals surface area contributed by atoms with Crippen molar-refractivity contribution in [3.05, 3.63) is 35.4 Å². The molecule has 0 saturated carbocycles. The second kappa shape index (κ2) is 5.03. The fraction of sp³-hybridized carbons (Fsp3) is 0.250. The minimum absolute atomic E-state index is 0.220. The number of carbonyl (C=O) groups excluding carboxylic acids is 1. The predicted molar refractivity (Wildman–Crippen MR) is 57.7 cm³/mol. The molecule has 0 aliphatic rings. The molecule has 0 radical (unpaired) electrons. The van der Waals surface area contributed by atoms with Crippen molar-refractivity contribution in [3.8, 4) is 5.75 Å². The Kier molecular flexibility index (Phi) is 3.93. The average molecular weight is 244 g/mol. The van der Waals surface area contributed by atoms with Gasteiger partial charge < -0.3 is 4.74 Å².